The van der Waals surface area contributed by atoms with Gasteiger partial charge in [0.25, 0.3) is 5.88 Å². The zero-order chi connectivity index (χ0) is 19.3. The highest BCUT2D eigenvalue weighted by molar-refractivity contribution is 5.79. The van der Waals surface area contributed by atoms with E-state index in [0.29, 0.717) is 30.4 Å². The van der Waals surface area contributed by atoms with Gasteiger partial charge in [0.2, 0.25) is 5.95 Å². The minimum absolute atomic E-state index is 0.298. The van der Waals surface area contributed by atoms with Crippen LogP contribution in [0.5, 0.6) is 5.88 Å². The first-order chi connectivity index (χ1) is 13.6. The van der Waals surface area contributed by atoms with Crippen molar-refractivity contribution in [2.45, 2.75) is 46.2 Å². The molecule has 5 rings (SSSR count). The normalized spacial score (nSPS) is 22.4. The second-order valence-electron chi connectivity index (χ2n) is 7.68. The number of nitrogens with one attached hydrogen (secondary N) is 1. The Kier molecular flexibility index (Phi) is 4.19. The van der Waals surface area contributed by atoms with Crippen LogP contribution in [0.4, 0.5) is 11.6 Å². The maximum atomic E-state index is 6.07. The van der Waals surface area contributed by atoms with Gasteiger partial charge in [-0.2, -0.15) is 10.1 Å². The molecular weight excluding hydrogens is 358 g/mol. The smallest absolute Gasteiger partial charge is 0.257 e. The molecule has 2 atom stereocenters. The van der Waals surface area contributed by atoms with Crippen LogP contribution in [0.15, 0.2) is 6.20 Å². The average Bonchev–Trinajstić information content (AvgIpc) is 3.16. The van der Waals surface area contributed by atoms with Gasteiger partial charge in [0.1, 0.15) is 5.69 Å². The fourth-order valence-electron chi connectivity index (χ4n) is 4.11. The van der Waals surface area contributed by atoms with Gasteiger partial charge in [-0.25, -0.2) is 9.67 Å². The quantitative estimate of drug-likeness (QED) is 0.691. The van der Waals surface area contributed by atoms with Gasteiger partial charge in [-0.3, -0.25) is 4.68 Å². The monoisotopic (exact) mass is 383 g/mol. The van der Waals surface area contributed by atoms with E-state index in [4.69, 9.17) is 19.6 Å². The van der Waals surface area contributed by atoms with Crippen molar-refractivity contribution in [1.82, 2.24) is 29.5 Å². The van der Waals surface area contributed by atoms with Crippen molar-refractivity contribution in [2.24, 2.45) is 5.92 Å². The first kappa shape index (κ1) is 17.4. The average molecular weight is 383 g/mol. The summed E-state index contributed by atoms with van der Waals surface area (Å²) in [6, 6.07) is 0.298. The van der Waals surface area contributed by atoms with Crippen molar-refractivity contribution in [1.29, 1.82) is 0 Å². The molecule has 3 aromatic heterocycles. The molecule has 5 heterocycles. The molecule has 3 aromatic rings. The molecule has 1 fully saturated rings. The van der Waals surface area contributed by atoms with Crippen molar-refractivity contribution in [3.05, 3.63) is 17.6 Å². The molecule has 2 aliphatic rings. The maximum Gasteiger partial charge on any atom is 0.257 e. The van der Waals surface area contributed by atoms with Gasteiger partial charge in [0, 0.05) is 31.7 Å². The summed E-state index contributed by atoms with van der Waals surface area (Å²) in [5.41, 5.74) is 3.66. The third-order valence-corrected chi connectivity index (χ3v) is 5.69. The van der Waals surface area contributed by atoms with Crippen LogP contribution >= 0.6 is 0 Å². The molecule has 2 aliphatic heterocycles. The van der Waals surface area contributed by atoms with Gasteiger partial charge in [-0.1, -0.05) is 6.92 Å². The van der Waals surface area contributed by atoms with Crippen molar-refractivity contribution in [2.75, 3.05) is 25.1 Å². The van der Waals surface area contributed by atoms with Crippen LogP contribution < -0.4 is 10.1 Å². The van der Waals surface area contributed by atoms with Gasteiger partial charge in [-0.05, 0) is 20.3 Å². The number of fused-ring (bicyclic) bond motifs is 2. The SMILES string of the molecule is Cc1nn2c3nc(ncc13)Nc1c(nn([C@@H]3CCOC[C@@H]3C)c1C)OCCC2. The van der Waals surface area contributed by atoms with Crippen molar-refractivity contribution in [3.8, 4) is 5.88 Å². The van der Waals surface area contributed by atoms with Gasteiger partial charge in [-0.15, -0.1) is 5.10 Å². The van der Waals surface area contributed by atoms with Gasteiger partial charge in [0.05, 0.1) is 36.0 Å². The van der Waals surface area contributed by atoms with E-state index in [0.717, 1.165) is 60.7 Å². The van der Waals surface area contributed by atoms with E-state index in [1.165, 1.54) is 0 Å². The molecule has 0 amide bonds. The third kappa shape index (κ3) is 2.81. The molecule has 1 N–H and O–H groups in total. The number of ether oxygens (including phenoxy) is 2. The Hall–Kier alpha value is -2.68. The summed E-state index contributed by atoms with van der Waals surface area (Å²) in [5.74, 6) is 1.54. The Morgan fingerprint density at radius 2 is 2.11 bits per heavy atom. The lowest BCUT2D eigenvalue weighted by molar-refractivity contribution is 0.0240. The molecule has 28 heavy (non-hydrogen) atoms. The number of hydrogen-bond acceptors (Lipinski definition) is 7. The zero-order valence-corrected chi connectivity index (χ0v) is 16.5. The largest absolute Gasteiger partial charge is 0.475 e. The summed E-state index contributed by atoms with van der Waals surface area (Å²) in [7, 11) is 0. The second-order valence-corrected chi connectivity index (χ2v) is 7.68. The fraction of sp³-hybridized carbons (Fsp3) is 0.579. The summed E-state index contributed by atoms with van der Waals surface area (Å²) in [4.78, 5) is 9.22. The molecule has 0 spiro atoms. The lowest BCUT2D eigenvalue weighted by Gasteiger charge is -2.29. The van der Waals surface area contributed by atoms with E-state index in [-0.39, 0.29) is 0 Å². The standard InChI is InChI=1S/C19H25N7O2/c1-11-10-27-8-5-15(11)26-13(3)16-18(24-26)28-7-4-6-25-17-14(12(2)23-25)9-20-19(21-16)22-17/h9,11,15H,4-8,10H2,1-3H3,(H,20,21,22)/t11-,15+/m0/s1. The number of nitrogens with zero attached hydrogens (tertiary/aromatic N) is 6. The van der Waals surface area contributed by atoms with E-state index in [9.17, 15) is 0 Å². The highest BCUT2D eigenvalue weighted by atomic mass is 16.5. The van der Waals surface area contributed by atoms with E-state index < -0.39 is 0 Å². The van der Waals surface area contributed by atoms with Gasteiger partial charge < -0.3 is 14.8 Å². The Morgan fingerprint density at radius 3 is 2.96 bits per heavy atom. The Bertz CT molecular complexity index is 1030. The van der Waals surface area contributed by atoms with E-state index >= 15 is 0 Å². The minimum Gasteiger partial charge on any atom is -0.475 e. The zero-order valence-electron chi connectivity index (χ0n) is 16.5. The van der Waals surface area contributed by atoms with Crippen molar-refractivity contribution in [3.63, 3.8) is 0 Å². The van der Waals surface area contributed by atoms with Crippen LogP contribution in [0.3, 0.4) is 0 Å². The molecule has 0 aliphatic carbocycles. The maximum absolute atomic E-state index is 6.07. The second kappa shape index (κ2) is 6.73. The van der Waals surface area contributed by atoms with Crippen LogP contribution in [0.25, 0.3) is 11.0 Å². The molecule has 0 aromatic carbocycles. The lowest BCUT2D eigenvalue weighted by atomic mass is 9.98. The third-order valence-electron chi connectivity index (χ3n) is 5.69. The summed E-state index contributed by atoms with van der Waals surface area (Å²) in [6.45, 7) is 9.08. The van der Waals surface area contributed by atoms with Crippen molar-refractivity contribution >= 4 is 22.7 Å². The fourth-order valence-corrected chi connectivity index (χ4v) is 4.11. The Morgan fingerprint density at radius 1 is 1.21 bits per heavy atom. The predicted molar refractivity (Wildman–Crippen MR) is 104 cm³/mol. The number of aryl methyl sites for hydroxylation is 2. The van der Waals surface area contributed by atoms with Crippen LogP contribution in [0, 0.1) is 19.8 Å². The molecule has 9 nitrogen and oxygen atoms in total. The Labute approximate surface area is 163 Å². The lowest BCUT2D eigenvalue weighted by Crippen LogP contribution is -2.29. The molecule has 148 valence electrons. The predicted octanol–water partition coefficient (Wildman–Crippen LogP) is 2.76. The molecule has 2 bridgehead atoms. The number of rotatable bonds is 1. The summed E-state index contributed by atoms with van der Waals surface area (Å²) in [5, 5.41) is 13.7. The number of aromatic nitrogens is 6. The van der Waals surface area contributed by atoms with Crippen LogP contribution in [-0.4, -0.2) is 49.3 Å². The molecule has 1 saturated heterocycles. The van der Waals surface area contributed by atoms with E-state index in [1.54, 1.807) is 0 Å². The summed E-state index contributed by atoms with van der Waals surface area (Å²) < 4.78 is 15.7. The number of hydrogen-bond donors (Lipinski definition) is 1. The first-order valence-electron chi connectivity index (χ1n) is 9.88. The van der Waals surface area contributed by atoms with E-state index in [1.807, 2.05) is 17.8 Å². The molecule has 0 radical (unpaired) electrons. The van der Waals surface area contributed by atoms with E-state index in [2.05, 4.69) is 33.9 Å². The van der Waals surface area contributed by atoms with Gasteiger partial charge in [0.15, 0.2) is 5.65 Å². The van der Waals surface area contributed by atoms with Crippen LogP contribution in [-0.2, 0) is 11.3 Å². The summed E-state index contributed by atoms with van der Waals surface area (Å²) in [6.07, 6.45) is 3.61. The van der Waals surface area contributed by atoms with Crippen LogP contribution in [0.2, 0.25) is 0 Å². The number of anilines is 2. The minimum atomic E-state index is 0.298. The van der Waals surface area contributed by atoms with Crippen molar-refractivity contribution < 1.29 is 9.47 Å². The van der Waals surface area contributed by atoms with Crippen LogP contribution in [0.1, 0.15) is 37.2 Å². The summed E-state index contributed by atoms with van der Waals surface area (Å²) >= 11 is 0. The molecular formula is C19H25N7O2. The Balaban J connectivity index is 1.58. The highest BCUT2D eigenvalue weighted by Crippen LogP contribution is 2.36. The first-order valence-corrected chi connectivity index (χ1v) is 9.88. The topological polar surface area (TPSA) is 91.9 Å². The highest BCUT2D eigenvalue weighted by Gasteiger charge is 2.29. The molecule has 9 heteroatoms. The molecule has 0 saturated carbocycles. The molecule has 0 unspecified atom stereocenters. The van der Waals surface area contributed by atoms with Gasteiger partial charge >= 0.3 is 0 Å².